The monoisotopic (exact) mass is 419 g/mol. The van der Waals surface area contributed by atoms with Gasteiger partial charge in [0.15, 0.2) is 0 Å². The Hall–Kier alpha value is -2.38. The summed E-state index contributed by atoms with van der Waals surface area (Å²) >= 11 is 3.33. The Balaban J connectivity index is 2.13. The predicted octanol–water partition coefficient (Wildman–Crippen LogP) is 3.42. The summed E-state index contributed by atoms with van der Waals surface area (Å²) in [6, 6.07) is 9.53. The molecule has 2 aromatic rings. The van der Waals surface area contributed by atoms with Gasteiger partial charge in [-0.15, -0.1) is 0 Å². The van der Waals surface area contributed by atoms with Crippen LogP contribution in [0.3, 0.4) is 0 Å². The number of aliphatic hydroxyl groups is 1. The number of aliphatic hydroxyl groups excluding tert-OH is 1. The number of ketones is 1. The number of nitrogens with zero attached hydrogens (tertiary/aromatic N) is 1. The number of carbonyl (C=O) groups excluding carboxylic acids is 2. The topological polar surface area (TPSA) is 80.0 Å². The van der Waals surface area contributed by atoms with Crippen LogP contribution in [0.1, 0.15) is 23.1 Å². The average Bonchev–Trinajstić information content (AvgIpc) is 3.15. The maximum atomic E-state index is 12.7. The minimum atomic E-state index is -0.789. The van der Waals surface area contributed by atoms with Gasteiger partial charge in [-0.05, 0) is 31.2 Å². The summed E-state index contributed by atoms with van der Waals surface area (Å²) in [7, 11) is 1.52. The highest BCUT2D eigenvalue weighted by molar-refractivity contribution is 9.10. The van der Waals surface area contributed by atoms with E-state index in [4.69, 9.17) is 9.15 Å². The fourth-order valence-corrected chi connectivity index (χ4v) is 3.22. The number of rotatable bonds is 5. The van der Waals surface area contributed by atoms with Gasteiger partial charge in [-0.3, -0.25) is 9.59 Å². The van der Waals surface area contributed by atoms with Gasteiger partial charge in [0, 0.05) is 23.7 Å². The van der Waals surface area contributed by atoms with Crippen LogP contribution in [-0.2, 0) is 14.3 Å². The van der Waals surface area contributed by atoms with Crippen molar-refractivity contribution in [3.8, 4) is 0 Å². The highest BCUT2D eigenvalue weighted by Gasteiger charge is 2.47. The van der Waals surface area contributed by atoms with E-state index < -0.39 is 17.7 Å². The molecule has 2 heterocycles. The van der Waals surface area contributed by atoms with Crippen molar-refractivity contribution in [1.29, 1.82) is 0 Å². The van der Waals surface area contributed by atoms with E-state index in [0.29, 0.717) is 17.1 Å². The van der Waals surface area contributed by atoms with Crippen molar-refractivity contribution in [2.24, 2.45) is 0 Å². The second kappa shape index (κ2) is 7.47. The van der Waals surface area contributed by atoms with Gasteiger partial charge in [-0.1, -0.05) is 28.1 Å². The molecule has 0 radical (unpaired) electrons. The number of aryl methyl sites for hydroxylation is 1. The lowest BCUT2D eigenvalue weighted by atomic mass is 9.99. The van der Waals surface area contributed by atoms with Gasteiger partial charge in [0.1, 0.15) is 23.3 Å². The van der Waals surface area contributed by atoms with E-state index in [-0.39, 0.29) is 24.5 Å². The highest BCUT2D eigenvalue weighted by atomic mass is 79.9. The SMILES string of the molecule is COCCN1C(=O)C(=O)/C(=C(\O)c2ccc(Br)cc2)C1c1ccc(C)o1. The number of ether oxygens (including phenoxy) is 1. The molecule has 1 atom stereocenters. The normalized spacial score (nSPS) is 19.3. The van der Waals surface area contributed by atoms with E-state index in [1.165, 1.54) is 12.0 Å². The second-order valence-corrected chi connectivity index (χ2v) is 6.86. The predicted molar refractivity (Wildman–Crippen MR) is 98.5 cm³/mol. The first-order valence-corrected chi connectivity index (χ1v) is 8.83. The molecule has 1 unspecified atom stereocenters. The van der Waals surface area contributed by atoms with E-state index in [9.17, 15) is 14.7 Å². The zero-order valence-corrected chi connectivity index (χ0v) is 15.9. The fraction of sp³-hybridized carbons (Fsp3) is 0.263. The molecule has 1 amide bonds. The molecule has 1 aliphatic heterocycles. The van der Waals surface area contributed by atoms with Crippen molar-refractivity contribution in [3.05, 3.63) is 63.5 Å². The maximum Gasteiger partial charge on any atom is 0.295 e. The smallest absolute Gasteiger partial charge is 0.295 e. The number of hydrogen-bond acceptors (Lipinski definition) is 5. The van der Waals surface area contributed by atoms with Crippen LogP contribution < -0.4 is 0 Å². The van der Waals surface area contributed by atoms with Gasteiger partial charge in [-0.25, -0.2) is 0 Å². The molecule has 1 aromatic heterocycles. The van der Waals surface area contributed by atoms with Crippen molar-refractivity contribution in [2.45, 2.75) is 13.0 Å². The molecule has 1 N–H and O–H groups in total. The Labute approximate surface area is 159 Å². The molecule has 136 valence electrons. The van der Waals surface area contributed by atoms with Gasteiger partial charge < -0.3 is 19.2 Å². The number of amides is 1. The molecule has 1 fully saturated rings. The minimum absolute atomic E-state index is 0.0165. The lowest BCUT2D eigenvalue weighted by molar-refractivity contribution is -0.140. The van der Waals surface area contributed by atoms with E-state index in [1.54, 1.807) is 43.3 Å². The molecule has 6 nitrogen and oxygen atoms in total. The van der Waals surface area contributed by atoms with Crippen LogP contribution in [0.15, 0.2) is 50.9 Å². The van der Waals surface area contributed by atoms with E-state index in [1.807, 2.05) is 0 Å². The van der Waals surface area contributed by atoms with Crippen LogP contribution >= 0.6 is 15.9 Å². The summed E-state index contributed by atoms with van der Waals surface area (Å²) < 4.78 is 11.6. The lowest BCUT2D eigenvalue weighted by Gasteiger charge is -2.22. The van der Waals surface area contributed by atoms with Crippen LogP contribution in [-0.4, -0.2) is 42.0 Å². The van der Waals surface area contributed by atoms with Gasteiger partial charge in [0.05, 0.1) is 12.2 Å². The number of methoxy groups -OCH3 is 1. The first-order chi connectivity index (χ1) is 12.4. The third kappa shape index (κ3) is 3.32. The van der Waals surface area contributed by atoms with Gasteiger partial charge in [0.2, 0.25) is 0 Å². The van der Waals surface area contributed by atoms with Crippen LogP contribution in [0.2, 0.25) is 0 Å². The number of Topliss-reactive ketones (excluding diaryl/α,β-unsaturated/α-hetero) is 1. The standard InChI is InChI=1S/C19H18BrNO5/c1-11-3-8-14(26-11)16-15(17(22)12-4-6-13(20)7-5-12)18(23)19(24)21(16)9-10-25-2/h3-8,16,22H,9-10H2,1-2H3/b17-15-. The molecule has 3 rings (SSSR count). The number of benzene rings is 1. The van der Waals surface area contributed by atoms with Crippen molar-refractivity contribution < 1.29 is 23.8 Å². The summed E-state index contributed by atoms with van der Waals surface area (Å²) in [6.07, 6.45) is 0. The zero-order chi connectivity index (χ0) is 18.8. The molecule has 0 saturated carbocycles. The third-order valence-electron chi connectivity index (χ3n) is 4.22. The fourth-order valence-electron chi connectivity index (χ4n) is 2.96. The third-order valence-corrected chi connectivity index (χ3v) is 4.75. The largest absolute Gasteiger partial charge is 0.507 e. The van der Waals surface area contributed by atoms with Crippen LogP contribution in [0.5, 0.6) is 0 Å². The van der Waals surface area contributed by atoms with E-state index >= 15 is 0 Å². The summed E-state index contributed by atoms with van der Waals surface area (Å²) in [5.74, 6) is -0.562. The molecule has 0 bridgehead atoms. The van der Waals surface area contributed by atoms with Gasteiger partial charge in [0.25, 0.3) is 11.7 Å². The lowest BCUT2D eigenvalue weighted by Crippen LogP contribution is -2.32. The Morgan fingerprint density at radius 1 is 1.23 bits per heavy atom. The molecule has 1 aromatic carbocycles. The Kier molecular flexibility index (Phi) is 5.29. The summed E-state index contributed by atoms with van der Waals surface area (Å²) in [5, 5.41) is 10.8. The van der Waals surface area contributed by atoms with E-state index in [2.05, 4.69) is 15.9 Å². The molecule has 26 heavy (non-hydrogen) atoms. The van der Waals surface area contributed by atoms with Gasteiger partial charge >= 0.3 is 0 Å². The van der Waals surface area contributed by atoms with Crippen molar-refractivity contribution >= 4 is 33.4 Å². The molecule has 0 aliphatic carbocycles. The minimum Gasteiger partial charge on any atom is -0.507 e. The van der Waals surface area contributed by atoms with E-state index in [0.717, 1.165) is 4.47 Å². The summed E-state index contributed by atoms with van der Waals surface area (Å²) in [6.45, 7) is 2.25. The van der Waals surface area contributed by atoms with Gasteiger partial charge in [-0.2, -0.15) is 0 Å². The van der Waals surface area contributed by atoms with Crippen LogP contribution in [0.4, 0.5) is 0 Å². The molecule has 7 heteroatoms. The second-order valence-electron chi connectivity index (χ2n) is 5.94. The number of hydrogen-bond donors (Lipinski definition) is 1. The molecule has 0 spiro atoms. The number of likely N-dealkylation sites (tertiary alicyclic amines) is 1. The van der Waals surface area contributed by atoms with Crippen molar-refractivity contribution in [3.63, 3.8) is 0 Å². The number of halogens is 1. The van der Waals surface area contributed by atoms with Crippen LogP contribution in [0.25, 0.3) is 5.76 Å². The first-order valence-electron chi connectivity index (χ1n) is 8.03. The summed E-state index contributed by atoms with van der Waals surface area (Å²) in [4.78, 5) is 26.5. The molecule has 1 aliphatic rings. The first kappa shape index (κ1) is 18.4. The molecular formula is C19H18BrNO5. The Bertz CT molecular complexity index is 868. The Morgan fingerprint density at radius 3 is 2.50 bits per heavy atom. The average molecular weight is 420 g/mol. The summed E-state index contributed by atoms with van der Waals surface area (Å²) in [5.41, 5.74) is 0.467. The van der Waals surface area contributed by atoms with Crippen LogP contribution in [0, 0.1) is 6.92 Å². The van der Waals surface area contributed by atoms with Crippen molar-refractivity contribution in [1.82, 2.24) is 4.90 Å². The van der Waals surface area contributed by atoms with Crippen molar-refractivity contribution in [2.75, 3.05) is 20.3 Å². The number of carbonyl (C=O) groups is 2. The zero-order valence-electron chi connectivity index (χ0n) is 14.4. The molecule has 1 saturated heterocycles. The Morgan fingerprint density at radius 2 is 1.92 bits per heavy atom. The highest BCUT2D eigenvalue weighted by Crippen LogP contribution is 2.39. The maximum absolute atomic E-state index is 12.7. The number of furan rings is 1. The quantitative estimate of drug-likeness (QED) is 0.456. The molecular weight excluding hydrogens is 402 g/mol.